The highest BCUT2D eigenvalue weighted by atomic mass is 32.3. The molecule has 0 radical (unpaired) electrons. The minimum atomic E-state index is -6.07. The SMILES string of the molecule is CCC(C)C(=O)Oc1ccc(S(=O)(=O)NS(=O)(=O)C(F)(F)F)cc1. The molecule has 0 heterocycles. The molecule has 0 bridgehead atoms. The number of benzene rings is 1. The molecule has 0 fully saturated rings. The van der Waals surface area contributed by atoms with E-state index in [2.05, 4.69) is 0 Å². The van der Waals surface area contributed by atoms with Gasteiger partial charge in [0, 0.05) is 0 Å². The van der Waals surface area contributed by atoms with E-state index in [4.69, 9.17) is 4.74 Å². The van der Waals surface area contributed by atoms with Gasteiger partial charge >= 0.3 is 21.5 Å². The van der Waals surface area contributed by atoms with Crippen LogP contribution in [0.2, 0.25) is 0 Å². The first kappa shape index (κ1) is 20.4. The molecule has 1 aromatic rings. The van der Waals surface area contributed by atoms with Crippen molar-refractivity contribution in [3.8, 4) is 5.75 Å². The molecule has 0 amide bonds. The summed E-state index contributed by atoms with van der Waals surface area (Å²) in [6, 6.07) is 3.67. The molecule has 0 aliphatic carbocycles. The first-order valence-corrected chi connectivity index (χ1v) is 9.43. The van der Waals surface area contributed by atoms with Crippen LogP contribution < -0.4 is 8.86 Å². The summed E-state index contributed by atoms with van der Waals surface area (Å²) in [7, 11) is -11.0. The van der Waals surface area contributed by atoms with Crippen LogP contribution in [0.4, 0.5) is 13.2 Å². The van der Waals surface area contributed by atoms with Crippen molar-refractivity contribution < 1.29 is 39.5 Å². The fraction of sp³-hybridized carbons (Fsp3) is 0.417. The smallest absolute Gasteiger partial charge is 0.426 e. The number of esters is 1. The van der Waals surface area contributed by atoms with Gasteiger partial charge < -0.3 is 4.74 Å². The van der Waals surface area contributed by atoms with E-state index in [1.54, 1.807) is 13.8 Å². The summed E-state index contributed by atoms with van der Waals surface area (Å²) in [6.07, 6.45) is 0.518. The normalized spacial score (nSPS) is 14.2. The largest absolute Gasteiger partial charge is 0.512 e. The molecule has 0 aromatic heterocycles. The minimum absolute atomic E-state index is 0.0297. The second kappa shape index (κ2) is 7.07. The number of hydrogen-bond donors (Lipinski definition) is 1. The third kappa shape index (κ3) is 4.92. The maximum atomic E-state index is 12.2. The van der Waals surface area contributed by atoms with Crippen LogP contribution in [0.1, 0.15) is 20.3 Å². The Balaban J connectivity index is 2.98. The number of sulfonamides is 2. The van der Waals surface area contributed by atoms with Gasteiger partial charge in [0.25, 0.3) is 10.0 Å². The van der Waals surface area contributed by atoms with Crippen molar-refractivity contribution in [3.63, 3.8) is 0 Å². The molecule has 0 spiro atoms. The summed E-state index contributed by atoms with van der Waals surface area (Å²) in [5, 5.41) is 0. The lowest BCUT2D eigenvalue weighted by Gasteiger charge is -2.11. The first-order chi connectivity index (χ1) is 10.8. The topological polar surface area (TPSA) is 107 Å². The van der Waals surface area contributed by atoms with Gasteiger partial charge in [-0.25, -0.2) is 16.8 Å². The van der Waals surface area contributed by atoms with Crippen LogP contribution in [0.5, 0.6) is 5.75 Å². The Kier molecular flexibility index (Phi) is 6.00. The lowest BCUT2D eigenvalue weighted by molar-refractivity contribution is -0.138. The van der Waals surface area contributed by atoms with Crippen molar-refractivity contribution in [1.82, 2.24) is 4.13 Å². The van der Waals surface area contributed by atoms with Crippen LogP contribution in [-0.4, -0.2) is 28.3 Å². The molecule has 1 N–H and O–H groups in total. The van der Waals surface area contributed by atoms with Gasteiger partial charge in [-0.1, -0.05) is 18.0 Å². The number of alkyl halides is 3. The Morgan fingerprint density at radius 3 is 2.08 bits per heavy atom. The van der Waals surface area contributed by atoms with Crippen LogP contribution in [0.15, 0.2) is 29.2 Å². The van der Waals surface area contributed by atoms with Gasteiger partial charge in [-0.05, 0) is 30.7 Å². The molecule has 7 nitrogen and oxygen atoms in total. The Morgan fingerprint density at radius 2 is 1.67 bits per heavy atom. The summed E-state index contributed by atoms with van der Waals surface area (Å²) in [4.78, 5) is 10.8. The summed E-state index contributed by atoms with van der Waals surface area (Å²) in [6.45, 7) is 3.38. The highest BCUT2D eigenvalue weighted by Gasteiger charge is 2.48. The molecule has 1 unspecified atom stereocenters. The van der Waals surface area contributed by atoms with E-state index < -0.39 is 42.3 Å². The molecule has 0 saturated carbocycles. The summed E-state index contributed by atoms with van der Waals surface area (Å²) < 4.78 is 87.3. The molecule has 1 rings (SSSR count). The summed E-state index contributed by atoms with van der Waals surface area (Å²) in [5.74, 6) is -0.990. The van der Waals surface area contributed by atoms with Gasteiger partial charge in [-0.2, -0.15) is 13.2 Å². The number of halogens is 3. The first-order valence-electron chi connectivity index (χ1n) is 6.47. The highest BCUT2D eigenvalue weighted by Crippen LogP contribution is 2.24. The van der Waals surface area contributed by atoms with Crippen LogP contribution >= 0.6 is 0 Å². The van der Waals surface area contributed by atoms with Gasteiger partial charge in [-0.15, -0.1) is 0 Å². The zero-order valence-electron chi connectivity index (χ0n) is 12.5. The Bertz CT molecular complexity index is 800. The van der Waals surface area contributed by atoms with E-state index >= 15 is 0 Å². The Labute approximate surface area is 136 Å². The van der Waals surface area contributed by atoms with Gasteiger partial charge in [0.05, 0.1) is 10.8 Å². The van der Waals surface area contributed by atoms with Crippen molar-refractivity contribution in [2.45, 2.75) is 30.7 Å². The number of hydrogen-bond acceptors (Lipinski definition) is 6. The van der Waals surface area contributed by atoms with Crippen molar-refractivity contribution in [2.24, 2.45) is 5.92 Å². The monoisotopic (exact) mass is 389 g/mol. The molecular weight excluding hydrogens is 375 g/mol. The van der Waals surface area contributed by atoms with Crippen LogP contribution in [0, 0.1) is 5.92 Å². The number of carbonyl (C=O) groups is 1. The van der Waals surface area contributed by atoms with Crippen LogP contribution in [-0.2, 0) is 24.8 Å². The molecule has 1 aromatic carbocycles. The summed E-state index contributed by atoms with van der Waals surface area (Å²) >= 11 is 0. The second-order valence-electron chi connectivity index (χ2n) is 4.74. The van der Waals surface area contributed by atoms with Crippen LogP contribution in [0.25, 0.3) is 0 Å². The Morgan fingerprint density at radius 1 is 1.17 bits per heavy atom. The zero-order chi connectivity index (χ0) is 18.8. The lowest BCUT2D eigenvalue weighted by Crippen LogP contribution is -2.40. The van der Waals surface area contributed by atoms with E-state index in [0.717, 1.165) is 24.3 Å². The molecule has 0 aliphatic rings. The molecule has 0 aliphatic heterocycles. The molecule has 12 heteroatoms. The quantitative estimate of drug-likeness (QED) is 0.587. The average Bonchev–Trinajstić information content (AvgIpc) is 2.44. The van der Waals surface area contributed by atoms with Crippen molar-refractivity contribution in [2.75, 3.05) is 0 Å². The van der Waals surface area contributed by atoms with Crippen LogP contribution in [0.3, 0.4) is 0 Å². The van der Waals surface area contributed by atoms with E-state index in [-0.39, 0.29) is 5.75 Å². The van der Waals surface area contributed by atoms with Gasteiger partial charge in [-0.3, -0.25) is 4.79 Å². The molecule has 0 saturated heterocycles. The van der Waals surface area contributed by atoms with E-state index in [1.165, 1.54) is 0 Å². The molecule has 136 valence electrons. The lowest BCUT2D eigenvalue weighted by atomic mass is 10.1. The number of carbonyl (C=O) groups excluding carboxylic acids is 1. The number of ether oxygens (including phenoxy) is 1. The van der Waals surface area contributed by atoms with Crippen molar-refractivity contribution in [1.29, 1.82) is 0 Å². The van der Waals surface area contributed by atoms with Gasteiger partial charge in [0.2, 0.25) is 0 Å². The number of rotatable bonds is 6. The fourth-order valence-electron chi connectivity index (χ4n) is 1.31. The molecule has 1 atom stereocenters. The zero-order valence-corrected chi connectivity index (χ0v) is 14.1. The minimum Gasteiger partial charge on any atom is -0.426 e. The second-order valence-corrected chi connectivity index (χ2v) is 8.35. The maximum absolute atomic E-state index is 12.2. The molecular formula is C12H14F3NO6S2. The highest BCUT2D eigenvalue weighted by molar-refractivity contribution is 8.05. The fourth-order valence-corrected chi connectivity index (χ4v) is 3.72. The predicted molar refractivity (Wildman–Crippen MR) is 76.8 cm³/mol. The standard InChI is InChI=1S/C12H14F3NO6S2/c1-3-8(2)11(17)22-9-4-6-10(7-5-9)23(18,19)16-24(20,21)12(13,14)15/h4-8,16H,3H2,1-2H3. The third-order valence-corrected chi connectivity index (χ3v) is 6.15. The van der Waals surface area contributed by atoms with Gasteiger partial charge in [0.15, 0.2) is 0 Å². The number of nitrogens with one attached hydrogen (secondary N) is 1. The molecule has 24 heavy (non-hydrogen) atoms. The van der Waals surface area contributed by atoms with E-state index in [0.29, 0.717) is 10.5 Å². The maximum Gasteiger partial charge on any atom is 0.512 e. The van der Waals surface area contributed by atoms with Crippen molar-refractivity contribution >= 4 is 26.0 Å². The van der Waals surface area contributed by atoms with E-state index in [1.807, 2.05) is 0 Å². The van der Waals surface area contributed by atoms with Gasteiger partial charge in [0.1, 0.15) is 5.75 Å². The van der Waals surface area contributed by atoms with Crippen molar-refractivity contribution in [3.05, 3.63) is 24.3 Å². The Hall–Kier alpha value is -1.66. The summed E-state index contributed by atoms with van der Waals surface area (Å²) in [5.41, 5.74) is -5.77. The predicted octanol–water partition coefficient (Wildman–Crippen LogP) is 1.77. The average molecular weight is 389 g/mol. The third-order valence-electron chi connectivity index (χ3n) is 2.89. The van der Waals surface area contributed by atoms with E-state index in [9.17, 15) is 34.8 Å².